The van der Waals surface area contributed by atoms with Gasteiger partial charge in [-0.15, -0.1) is 0 Å². The highest BCUT2D eigenvalue weighted by Crippen LogP contribution is 2.37. The normalized spacial score (nSPS) is 15.2. The van der Waals surface area contributed by atoms with Crippen molar-refractivity contribution in [3.05, 3.63) is 77.9 Å². The van der Waals surface area contributed by atoms with Gasteiger partial charge >= 0.3 is 5.97 Å². The van der Waals surface area contributed by atoms with Crippen LogP contribution in [0.5, 0.6) is 5.75 Å². The second-order valence-corrected chi connectivity index (χ2v) is 6.89. The van der Waals surface area contributed by atoms with E-state index in [4.69, 9.17) is 9.47 Å². The maximum atomic E-state index is 13.6. The van der Waals surface area contributed by atoms with Crippen molar-refractivity contribution in [3.63, 3.8) is 0 Å². The molecule has 1 aliphatic heterocycles. The van der Waals surface area contributed by atoms with Crippen LogP contribution in [0.25, 0.3) is 11.1 Å². The molecule has 2 heterocycles. The van der Waals surface area contributed by atoms with Crippen molar-refractivity contribution in [1.82, 2.24) is 4.98 Å². The number of carbonyl (C=O) groups is 1. The van der Waals surface area contributed by atoms with Crippen LogP contribution < -0.4 is 10.1 Å². The van der Waals surface area contributed by atoms with Crippen LogP contribution in [-0.2, 0) is 4.74 Å². The van der Waals surface area contributed by atoms with Gasteiger partial charge in [-0.05, 0) is 47.4 Å². The molecule has 4 rings (SSSR count). The van der Waals surface area contributed by atoms with E-state index in [1.165, 1.54) is 19.2 Å². The van der Waals surface area contributed by atoms with Crippen LogP contribution in [0.3, 0.4) is 0 Å². The topological polar surface area (TPSA) is 60.5 Å². The van der Waals surface area contributed by atoms with Gasteiger partial charge in [0, 0.05) is 18.7 Å². The number of halogens is 1. The maximum Gasteiger partial charge on any atom is 0.340 e. The van der Waals surface area contributed by atoms with Gasteiger partial charge in [0.05, 0.1) is 31.2 Å². The number of rotatable bonds is 5. The molecule has 0 saturated heterocycles. The zero-order valence-electron chi connectivity index (χ0n) is 16.0. The van der Waals surface area contributed by atoms with Crippen LogP contribution in [0.15, 0.2) is 60.9 Å². The molecule has 6 heteroatoms. The van der Waals surface area contributed by atoms with Crippen LogP contribution in [-0.4, -0.2) is 31.2 Å². The van der Waals surface area contributed by atoms with Crippen LogP contribution in [0.4, 0.5) is 10.1 Å². The number of methoxy groups -OCH3 is 1. The third-order valence-corrected chi connectivity index (χ3v) is 5.10. The summed E-state index contributed by atoms with van der Waals surface area (Å²) in [5, 5.41) is 3.32. The summed E-state index contributed by atoms with van der Waals surface area (Å²) >= 11 is 0. The Kier molecular flexibility index (Phi) is 5.42. The highest BCUT2D eigenvalue weighted by atomic mass is 19.1. The zero-order chi connectivity index (χ0) is 20.2. The maximum absolute atomic E-state index is 13.6. The molecule has 0 unspecified atom stereocenters. The van der Waals surface area contributed by atoms with Gasteiger partial charge in [-0.3, -0.25) is 4.98 Å². The van der Waals surface area contributed by atoms with Gasteiger partial charge in [0.25, 0.3) is 0 Å². The number of carbonyl (C=O) groups excluding carboxylic acids is 1. The van der Waals surface area contributed by atoms with E-state index < -0.39 is 5.97 Å². The predicted molar refractivity (Wildman–Crippen MR) is 109 cm³/mol. The van der Waals surface area contributed by atoms with Gasteiger partial charge in [-0.1, -0.05) is 24.3 Å². The molecular formula is C23H21FN2O3. The predicted octanol–water partition coefficient (Wildman–Crippen LogP) is 4.65. The Balaban J connectivity index is 1.54. The molecule has 1 atom stereocenters. The highest BCUT2D eigenvalue weighted by Gasteiger charge is 2.23. The number of nitrogens with zero attached hydrogens (tertiary/aromatic N) is 1. The van der Waals surface area contributed by atoms with Gasteiger partial charge in [0.15, 0.2) is 0 Å². The lowest BCUT2D eigenvalue weighted by atomic mass is 9.91. The van der Waals surface area contributed by atoms with Gasteiger partial charge in [0.1, 0.15) is 11.6 Å². The SMILES string of the molecule is COC(=O)c1ccncc1NC[C@@H]1CCOc2cc(-c3cccc(F)c3)ccc21. The molecule has 148 valence electrons. The summed E-state index contributed by atoms with van der Waals surface area (Å²) in [4.78, 5) is 16.0. The van der Waals surface area contributed by atoms with Crippen molar-refractivity contribution < 1.29 is 18.7 Å². The molecule has 1 aromatic heterocycles. The number of hydrogen-bond acceptors (Lipinski definition) is 5. The van der Waals surface area contributed by atoms with Crippen molar-refractivity contribution in [2.45, 2.75) is 12.3 Å². The first-order valence-corrected chi connectivity index (χ1v) is 9.44. The largest absolute Gasteiger partial charge is 0.493 e. The van der Waals surface area contributed by atoms with Crippen LogP contribution >= 0.6 is 0 Å². The summed E-state index contributed by atoms with van der Waals surface area (Å²) in [6, 6.07) is 14.1. The summed E-state index contributed by atoms with van der Waals surface area (Å²) < 4.78 is 24.3. The molecule has 0 saturated carbocycles. The number of esters is 1. The fourth-order valence-electron chi connectivity index (χ4n) is 3.58. The Hall–Kier alpha value is -3.41. The molecule has 1 aliphatic rings. The number of hydrogen-bond donors (Lipinski definition) is 1. The molecule has 0 amide bonds. The number of anilines is 1. The van der Waals surface area contributed by atoms with E-state index in [9.17, 15) is 9.18 Å². The van der Waals surface area contributed by atoms with E-state index in [1.807, 2.05) is 24.3 Å². The molecule has 0 radical (unpaired) electrons. The molecule has 0 aliphatic carbocycles. The number of nitrogens with one attached hydrogen (secondary N) is 1. The summed E-state index contributed by atoms with van der Waals surface area (Å²) in [5.41, 5.74) is 3.92. The minimum Gasteiger partial charge on any atom is -0.493 e. The molecule has 0 fully saturated rings. The molecular weight excluding hydrogens is 371 g/mol. The first-order valence-electron chi connectivity index (χ1n) is 9.44. The first kappa shape index (κ1) is 18.9. The smallest absolute Gasteiger partial charge is 0.340 e. The minimum absolute atomic E-state index is 0.214. The summed E-state index contributed by atoms with van der Waals surface area (Å²) in [6.07, 6.45) is 4.04. The van der Waals surface area contributed by atoms with E-state index in [0.717, 1.165) is 28.9 Å². The average molecular weight is 392 g/mol. The van der Waals surface area contributed by atoms with Crippen molar-refractivity contribution >= 4 is 11.7 Å². The third kappa shape index (κ3) is 4.06. The highest BCUT2D eigenvalue weighted by molar-refractivity contribution is 5.95. The zero-order valence-corrected chi connectivity index (χ0v) is 16.0. The number of aromatic nitrogens is 1. The van der Waals surface area contributed by atoms with E-state index in [-0.39, 0.29) is 11.7 Å². The Labute approximate surface area is 168 Å². The standard InChI is InChI=1S/C23H21FN2O3/c1-28-23(27)20-7-9-25-14-21(20)26-13-17-8-10-29-22-12-16(5-6-19(17)22)15-3-2-4-18(24)11-15/h2-7,9,11-12,14,17,26H,8,10,13H2,1H3/t17-/m0/s1. The van der Waals surface area contributed by atoms with Crippen molar-refractivity contribution in [1.29, 1.82) is 0 Å². The molecule has 0 spiro atoms. The van der Waals surface area contributed by atoms with Crippen LogP contribution in [0.2, 0.25) is 0 Å². The molecule has 2 aromatic carbocycles. The van der Waals surface area contributed by atoms with Gasteiger partial charge < -0.3 is 14.8 Å². The number of ether oxygens (including phenoxy) is 2. The molecule has 29 heavy (non-hydrogen) atoms. The Bertz CT molecular complexity index is 1040. The lowest BCUT2D eigenvalue weighted by Gasteiger charge is -2.27. The van der Waals surface area contributed by atoms with Gasteiger partial charge in [-0.25, -0.2) is 9.18 Å². The number of fused-ring (bicyclic) bond motifs is 1. The molecule has 3 aromatic rings. The monoisotopic (exact) mass is 392 g/mol. The van der Waals surface area contributed by atoms with Crippen LogP contribution in [0.1, 0.15) is 28.3 Å². The molecule has 1 N–H and O–H groups in total. The summed E-state index contributed by atoms with van der Waals surface area (Å²) in [6.45, 7) is 1.23. The Morgan fingerprint density at radius 3 is 2.93 bits per heavy atom. The Morgan fingerprint density at radius 1 is 1.24 bits per heavy atom. The van der Waals surface area contributed by atoms with Crippen LogP contribution in [0, 0.1) is 5.82 Å². The van der Waals surface area contributed by atoms with Crippen molar-refractivity contribution in [3.8, 4) is 16.9 Å². The fourth-order valence-corrected chi connectivity index (χ4v) is 3.58. The first-order chi connectivity index (χ1) is 14.2. The van der Waals surface area contributed by atoms with E-state index in [1.54, 1.807) is 24.5 Å². The number of pyridine rings is 1. The van der Waals surface area contributed by atoms with E-state index >= 15 is 0 Å². The number of benzene rings is 2. The third-order valence-electron chi connectivity index (χ3n) is 5.10. The lowest BCUT2D eigenvalue weighted by Crippen LogP contribution is -2.21. The minimum atomic E-state index is -0.401. The quantitative estimate of drug-likeness (QED) is 0.641. The molecule has 5 nitrogen and oxygen atoms in total. The van der Waals surface area contributed by atoms with E-state index in [0.29, 0.717) is 24.4 Å². The molecule has 0 bridgehead atoms. The Morgan fingerprint density at radius 2 is 2.10 bits per heavy atom. The van der Waals surface area contributed by atoms with E-state index in [2.05, 4.69) is 10.3 Å². The van der Waals surface area contributed by atoms with Crippen molar-refractivity contribution in [2.24, 2.45) is 0 Å². The lowest BCUT2D eigenvalue weighted by molar-refractivity contribution is 0.0601. The second-order valence-electron chi connectivity index (χ2n) is 6.89. The average Bonchev–Trinajstić information content (AvgIpc) is 2.77. The second kappa shape index (κ2) is 8.31. The summed E-state index contributed by atoms with van der Waals surface area (Å²) in [7, 11) is 1.36. The summed E-state index contributed by atoms with van der Waals surface area (Å²) in [5.74, 6) is 0.360. The van der Waals surface area contributed by atoms with Crippen molar-refractivity contribution in [2.75, 3.05) is 25.6 Å². The van der Waals surface area contributed by atoms with Gasteiger partial charge in [-0.2, -0.15) is 0 Å². The van der Waals surface area contributed by atoms with Gasteiger partial charge in [0.2, 0.25) is 0 Å². The fraction of sp³-hybridized carbons (Fsp3) is 0.217.